The van der Waals surface area contributed by atoms with Gasteiger partial charge in [0.15, 0.2) is 6.10 Å². The summed E-state index contributed by atoms with van der Waals surface area (Å²) in [5.74, 6) is -0.491. The van der Waals surface area contributed by atoms with Gasteiger partial charge in [-0.05, 0) is 62.2 Å². The molecule has 1 aliphatic heterocycles. The van der Waals surface area contributed by atoms with E-state index in [1.807, 2.05) is 0 Å². The number of ether oxygens (including phenoxy) is 2. The van der Waals surface area contributed by atoms with Crippen LogP contribution < -0.4 is 4.74 Å². The molecule has 0 aliphatic carbocycles. The highest BCUT2D eigenvalue weighted by atomic mass is 32.2. The topological polar surface area (TPSA) is 90.0 Å². The molecule has 31 heavy (non-hydrogen) atoms. The number of rotatable bonds is 7. The minimum Gasteiger partial charge on any atom is -0.497 e. The molecule has 1 aliphatic rings. The largest absolute Gasteiger partial charge is 0.497 e. The maximum atomic E-state index is 13.0. The molecule has 8 heteroatoms. The lowest BCUT2D eigenvalue weighted by Crippen LogP contribution is -2.32. The number of sulfonamides is 1. The maximum Gasteiger partial charge on any atom is 0.338 e. The van der Waals surface area contributed by atoms with Crippen LogP contribution in [0.2, 0.25) is 0 Å². The van der Waals surface area contributed by atoms with Gasteiger partial charge in [0, 0.05) is 18.7 Å². The highest BCUT2D eigenvalue weighted by Gasteiger charge is 2.27. The number of methoxy groups -OCH3 is 1. The number of hydrogen-bond acceptors (Lipinski definition) is 6. The third-order valence-corrected chi connectivity index (χ3v) is 7.19. The third kappa shape index (κ3) is 5.51. The molecule has 7 nitrogen and oxygen atoms in total. The van der Waals surface area contributed by atoms with Gasteiger partial charge < -0.3 is 9.47 Å². The van der Waals surface area contributed by atoms with Crippen LogP contribution in [0.25, 0.3) is 0 Å². The van der Waals surface area contributed by atoms with E-state index >= 15 is 0 Å². The molecule has 0 radical (unpaired) electrons. The van der Waals surface area contributed by atoms with Crippen LogP contribution in [0.1, 0.15) is 53.3 Å². The van der Waals surface area contributed by atoms with Crippen LogP contribution >= 0.6 is 0 Å². The number of carbonyl (C=O) groups is 2. The van der Waals surface area contributed by atoms with Gasteiger partial charge in [-0.3, -0.25) is 4.79 Å². The molecule has 2 aromatic rings. The van der Waals surface area contributed by atoms with Crippen molar-refractivity contribution in [3.05, 3.63) is 59.7 Å². The van der Waals surface area contributed by atoms with Gasteiger partial charge in [0.25, 0.3) is 0 Å². The number of carbonyl (C=O) groups excluding carboxylic acids is 2. The highest BCUT2D eigenvalue weighted by Crippen LogP contribution is 2.22. The molecule has 0 amide bonds. The predicted octanol–water partition coefficient (Wildman–Crippen LogP) is 3.69. The van der Waals surface area contributed by atoms with Gasteiger partial charge in [0.1, 0.15) is 5.75 Å². The molecule has 1 atom stereocenters. The van der Waals surface area contributed by atoms with E-state index in [4.69, 9.17) is 9.47 Å². The molecular formula is C23H27NO6S. The summed E-state index contributed by atoms with van der Waals surface area (Å²) in [5.41, 5.74) is 0.476. The van der Waals surface area contributed by atoms with Crippen molar-refractivity contribution in [1.82, 2.24) is 4.31 Å². The van der Waals surface area contributed by atoms with Gasteiger partial charge in [-0.2, -0.15) is 4.31 Å². The normalized spacial score (nSPS) is 16.2. The fourth-order valence-electron chi connectivity index (χ4n) is 3.49. The van der Waals surface area contributed by atoms with Crippen molar-refractivity contribution in [2.75, 3.05) is 20.2 Å². The van der Waals surface area contributed by atoms with E-state index in [-0.39, 0.29) is 16.2 Å². The molecule has 0 bridgehead atoms. The first kappa shape index (κ1) is 23.0. The number of benzene rings is 2. The molecule has 1 heterocycles. The molecule has 1 unspecified atom stereocenters. The van der Waals surface area contributed by atoms with Crippen molar-refractivity contribution in [1.29, 1.82) is 0 Å². The van der Waals surface area contributed by atoms with Gasteiger partial charge in [-0.25, -0.2) is 13.2 Å². The Bertz CT molecular complexity index is 1020. The second kappa shape index (κ2) is 10.1. The van der Waals surface area contributed by atoms with Crippen molar-refractivity contribution < 1.29 is 27.5 Å². The second-order valence-corrected chi connectivity index (χ2v) is 9.42. The van der Waals surface area contributed by atoms with E-state index in [0.717, 1.165) is 25.7 Å². The SMILES string of the molecule is COc1ccc(C(=O)C(C)OC(=O)c2cccc(S(=O)(=O)N3CCCCCC3)c2)cc1. The second-order valence-electron chi connectivity index (χ2n) is 7.49. The Morgan fingerprint density at radius 1 is 0.935 bits per heavy atom. The van der Waals surface area contributed by atoms with Crippen molar-refractivity contribution in [3.8, 4) is 5.75 Å². The Kier molecular flexibility index (Phi) is 7.46. The minimum absolute atomic E-state index is 0.0537. The first-order chi connectivity index (χ1) is 14.8. The van der Waals surface area contributed by atoms with Crippen molar-refractivity contribution in [2.24, 2.45) is 0 Å². The zero-order valence-electron chi connectivity index (χ0n) is 17.7. The van der Waals surface area contributed by atoms with Crippen LogP contribution in [-0.4, -0.2) is 50.8 Å². The average molecular weight is 446 g/mol. The van der Waals surface area contributed by atoms with E-state index in [1.54, 1.807) is 24.3 Å². The van der Waals surface area contributed by atoms with E-state index in [2.05, 4.69) is 0 Å². The van der Waals surface area contributed by atoms with Crippen molar-refractivity contribution in [2.45, 2.75) is 43.6 Å². The van der Waals surface area contributed by atoms with Crippen LogP contribution in [-0.2, 0) is 14.8 Å². The first-order valence-electron chi connectivity index (χ1n) is 10.3. The van der Waals surface area contributed by atoms with Gasteiger partial charge >= 0.3 is 5.97 Å². The van der Waals surface area contributed by atoms with Crippen LogP contribution in [0.4, 0.5) is 0 Å². The quantitative estimate of drug-likeness (QED) is 0.477. The summed E-state index contributed by atoms with van der Waals surface area (Å²) in [7, 11) is -2.16. The van der Waals surface area contributed by atoms with Gasteiger partial charge in [-0.1, -0.05) is 18.9 Å². The fourth-order valence-corrected chi connectivity index (χ4v) is 5.05. The van der Waals surface area contributed by atoms with Crippen LogP contribution in [0.15, 0.2) is 53.4 Å². The minimum atomic E-state index is -3.69. The first-order valence-corrected chi connectivity index (χ1v) is 11.8. The molecular weight excluding hydrogens is 418 g/mol. The summed E-state index contributed by atoms with van der Waals surface area (Å²) in [6.07, 6.45) is 2.65. The van der Waals surface area contributed by atoms with Gasteiger partial charge in [-0.15, -0.1) is 0 Å². The lowest BCUT2D eigenvalue weighted by Gasteiger charge is -2.20. The summed E-state index contributed by atoms with van der Waals surface area (Å²) < 4.78 is 37.8. The van der Waals surface area contributed by atoms with Crippen molar-refractivity contribution >= 4 is 21.8 Å². The number of esters is 1. The monoisotopic (exact) mass is 445 g/mol. The molecule has 3 rings (SSSR count). The Morgan fingerprint density at radius 3 is 2.19 bits per heavy atom. The number of ketones is 1. The average Bonchev–Trinajstić information content (AvgIpc) is 3.09. The summed E-state index contributed by atoms with van der Waals surface area (Å²) in [4.78, 5) is 25.2. The molecule has 1 saturated heterocycles. The fraction of sp³-hybridized carbons (Fsp3) is 0.391. The molecule has 0 aromatic heterocycles. The molecule has 1 fully saturated rings. The Labute approximate surface area is 183 Å². The van der Waals surface area contributed by atoms with E-state index in [1.165, 1.54) is 42.6 Å². The Balaban J connectivity index is 1.72. The molecule has 2 aromatic carbocycles. The highest BCUT2D eigenvalue weighted by molar-refractivity contribution is 7.89. The van der Waals surface area contributed by atoms with Crippen LogP contribution in [0.5, 0.6) is 5.75 Å². The lowest BCUT2D eigenvalue weighted by atomic mass is 10.1. The molecule has 0 N–H and O–H groups in total. The summed E-state index contributed by atoms with van der Waals surface area (Å²) in [6, 6.07) is 12.3. The lowest BCUT2D eigenvalue weighted by molar-refractivity contribution is 0.0318. The maximum absolute atomic E-state index is 13.0. The zero-order valence-corrected chi connectivity index (χ0v) is 18.6. The van der Waals surface area contributed by atoms with Crippen LogP contribution in [0.3, 0.4) is 0 Å². The summed E-state index contributed by atoms with van der Waals surface area (Å²) in [6.45, 7) is 2.44. The smallest absolute Gasteiger partial charge is 0.338 e. The molecule has 0 saturated carbocycles. The van der Waals surface area contributed by atoms with Gasteiger partial charge in [0.05, 0.1) is 17.6 Å². The summed E-state index contributed by atoms with van der Waals surface area (Å²) >= 11 is 0. The molecule has 0 spiro atoms. The van der Waals surface area contributed by atoms with E-state index in [0.29, 0.717) is 24.4 Å². The molecule has 166 valence electrons. The standard InChI is InChI=1S/C23H27NO6S/c1-17(22(25)18-10-12-20(29-2)13-11-18)30-23(26)19-8-7-9-21(16-19)31(27,28)24-14-5-3-4-6-15-24/h7-13,16-17H,3-6,14-15H2,1-2H3. The number of hydrogen-bond donors (Lipinski definition) is 0. The Morgan fingerprint density at radius 2 is 1.58 bits per heavy atom. The van der Waals surface area contributed by atoms with Crippen molar-refractivity contribution in [3.63, 3.8) is 0 Å². The van der Waals surface area contributed by atoms with Crippen LogP contribution in [0, 0.1) is 0 Å². The number of nitrogens with zero attached hydrogens (tertiary/aromatic N) is 1. The number of Topliss-reactive ketones (excluding diaryl/α,β-unsaturated/α-hetero) is 1. The Hall–Kier alpha value is -2.71. The van der Waals surface area contributed by atoms with E-state index < -0.39 is 22.1 Å². The van der Waals surface area contributed by atoms with E-state index in [9.17, 15) is 18.0 Å². The third-order valence-electron chi connectivity index (χ3n) is 5.30. The zero-order chi connectivity index (χ0) is 22.4. The summed E-state index contributed by atoms with van der Waals surface area (Å²) in [5, 5.41) is 0. The predicted molar refractivity (Wildman–Crippen MR) is 116 cm³/mol. The van der Waals surface area contributed by atoms with Gasteiger partial charge in [0.2, 0.25) is 15.8 Å².